The van der Waals surface area contributed by atoms with Gasteiger partial charge in [0.2, 0.25) is 5.72 Å². The normalized spacial score (nSPS) is 22.6. The third kappa shape index (κ3) is 1.59. The average Bonchev–Trinajstić information content (AvgIpc) is 2.85. The number of nitrogens with one attached hydrogen (secondary N) is 1. The molecule has 3 heteroatoms. The molecule has 1 atom stereocenters. The molecule has 0 saturated carbocycles. The summed E-state index contributed by atoms with van der Waals surface area (Å²) in [5.41, 5.74) is 1.97. The molecule has 2 heterocycles. The molecule has 2 aromatic rings. The second-order valence-corrected chi connectivity index (χ2v) is 5.18. The van der Waals surface area contributed by atoms with Gasteiger partial charge in [-0.2, -0.15) is 0 Å². The van der Waals surface area contributed by atoms with E-state index >= 15 is 0 Å². The molecule has 2 aliphatic heterocycles. The lowest BCUT2D eigenvalue weighted by Crippen LogP contribution is -2.36. The van der Waals surface area contributed by atoms with Crippen LogP contribution < -0.4 is 10.1 Å². The molecule has 0 fully saturated rings. The molecular formula is C17H15NO2. The molecule has 1 N–H and O–H groups in total. The second kappa shape index (κ2) is 4.04. The minimum Gasteiger partial charge on any atom is -0.497 e. The maximum atomic E-state index is 5.80. The summed E-state index contributed by atoms with van der Waals surface area (Å²) in [5.74, 6) is 0.869. The lowest BCUT2D eigenvalue weighted by atomic mass is 10.0. The van der Waals surface area contributed by atoms with Crippen LogP contribution in [0.3, 0.4) is 0 Å². The van der Waals surface area contributed by atoms with Crippen LogP contribution in [0, 0.1) is 0 Å². The van der Waals surface area contributed by atoms with Crippen LogP contribution in [0.5, 0.6) is 5.75 Å². The van der Waals surface area contributed by atoms with Crippen LogP contribution in [0.25, 0.3) is 10.8 Å². The Balaban J connectivity index is 1.86. The van der Waals surface area contributed by atoms with E-state index in [0.717, 1.165) is 17.9 Å². The Morgan fingerprint density at radius 3 is 2.90 bits per heavy atom. The van der Waals surface area contributed by atoms with Gasteiger partial charge in [0, 0.05) is 17.5 Å². The minimum atomic E-state index is -0.436. The Hall–Kier alpha value is -2.42. The predicted octanol–water partition coefficient (Wildman–Crippen LogP) is 3.61. The number of ether oxygens (including phenoxy) is 2. The van der Waals surface area contributed by atoms with Crippen LogP contribution in [0.2, 0.25) is 0 Å². The highest BCUT2D eigenvalue weighted by molar-refractivity contribution is 5.98. The van der Waals surface area contributed by atoms with Gasteiger partial charge in [-0.3, -0.25) is 0 Å². The lowest BCUT2D eigenvalue weighted by Gasteiger charge is -2.27. The number of methoxy groups -OCH3 is 1. The summed E-state index contributed by atoms with van der Waals surface area (Å²) in [4.78, 5) is 0. The molecule has 0 amide bonds. The summed E-state index contributed by atoms with van der Waals surface area (Å²) >= 11 is 0. The zero-order valence-corrected chi connectivity index (χ0v) is 11.2. The van der Waals surface area contributed by atoms with E-state index in [2.05, 4.69) is 35.7 Å². The molecule has 3 nitrogen and oxygen atoms in total. The van der Waals surface area contributed by atoms with E-state index in [4.69, 9.17) is 9.47 Å². The van der Waals surface area contributed by atoms with Crippen LogP contribution in [-0.2, 0) is 11.2 Å². The summed E-state index contributed by atoms with van der Waals surface area (Å²) in [5, 5.41) is 5.90. The number of fused-ring (bicyclic) bond motifs is 3. The van der Waals surface area contributed by atoms with Crippen molar-refractivity contribution in [2.75, 3.05) is 12.4 Å². The average molecular weight is 265 g/mol. The summed E-state index contributed by atoms with van der Waals surface area (Å²) < 4.78 is 11.1. The van der Waals surface area contributed by atoms with Gasteiger partial charge in [0.25, 0.3) is 0 Å². The van der Waals surface area contributed by atoms with Crippen molar-refractivity contribution in [2.24, 2.45) is 0 Å². The third-order valence-corrected chi connectivity index (χ3v) is 3.94. The molecule has 1 unspecified atom stereocenters. The van der Waals surface area contributed by atoms with Crippen molar-refractivity contribution in [3.63, 3.8) is 0 Å². The van der Waals surface area contributed by atoms with Gasteiger partial charge < -0.3 is 14.8 Å². The molecule has 2 aliphatic rings. The van der Waals surface area contributed by atoms with Crippen molar-refractivity contribution >= 4 is 16.5 Å². The molecule has 2 aromatic carbocycles. The first-order chi connectivity index (χ1) is 9.80. The van der Waals surface area contributed by atoms with E-state index in [1.807, 2.05) is 18.2 Å². The number of allylic oxidation sites excluding steroid dienone is 2. The number of benzene rings is 2. The largest absolute Gasteiger partial charge is 0.497 e. The first-order valence-electron chi connectivity index (χ1n) is 6.70. The highest BCUT2D eigenvalue weighted by Gasteiger charge is 2.37. The van der Waals surface area contributed by atoms with Crippen LogP contribution in [0.15, 0.2) is 54.8 Å². The van der Waals surface area contributed by atoms with Crippen molar-refractivity contribution in [3.05, 3.63) is 60.4 Å². The molecule has 0 radical (unpaired) electrons. The van der Waals surface area contributed by atoms with Crippen LogP contribution in [-0.4, -0.2) is 12.8 Å². The van der Waals surface area contributed by atoms with Gasteiger partial charge >= 0.3 is 0 Å². The fourth-order valence-corrected chi connectivity index (χ4v) is 2.93. The van der Waals surface area contributed by atoms with E-state index < -0.39 is 5.72 Å². The third-order valence-electron chi connectivity index (χ3n) is 3.94. The first-order valence-corrected chi connectivity index (χ1v) is 6.70. The number of hydrogen-bond acceptors (Lipinski definition) is 3. The zero-order chi connectivity index (χ0) is 13.6. The highest BCUT2D eigenvalue weighted by Crippen LogP contribution is 2.41. The van der Waals surface area contributed by atoms with Gasteiger partial charge in [-0.25, -0.2) is 0 Å². The summed E-state index contributed by atoms with van der Waals surface area (Å²) in [6.07, 6.45) is 8.55. The first kappa shape index (κ1) is 11.4. The molecule has 0 aromatic heterocycles. The monoisotopic (exact) mass is 265 g/mol. The summed E-state index contributed by atoms with van der Waals surface area (Å²) in [7, 11) is 1.69. The van der Waals surface area contributed by atoms with Crippen LogP contribution >= 0.6 is 0 Å². The Bertz CT molecular complexity index is 748. The van der Waals surface area contributed by atoms with E-state index in [0.29, 0.717) is 0 Å². The lowest BCUT2D eigenvalue weighted by molar-refractivity contribution is 0.0991. The van der Waals surface area contributed by atoms with E-state index in [9.17, 15) is 0 Å². The number of anilines is 1. The van der Waals surface area contributed by atoms with Gasteiger partial charge in [-0.05, 0) is 35.2 Å². The maximum absolute atomic E-state index is 5.80. The second-order valence-electron chi connectivity index (χ2n) is 5.18. The number of rotatable bonds is 1. The van der Waals surface area contributed by atoms with E-state index in [1.165, 1.54) is 16.3 Å². The van der Waals surface area contributed by atoms with E-state index in [1.54, 1.807) is 13.4 Å². The van der Waals surface area contributed by atoms with Gasteiger partial charge in [-0.1, -0.05) is 24.3 Å². The van der Waals surface area contributed by atoms with Gasteiger partial charge in [0.05, 0.1) is 13.4 Å². The van der Waals surface area contributed by atoms with Gasteiger partial charge in [0.1, 0.15) is 5.75 Å². The number of hydrogen-bond donors (Lipinski definition) is 1. The highest BCUT2D eigenvalue weighted by atomic mass is 16.5. The quantitative estimate of drug-likeness (QED) is 0.854. The molecular weight excluding hydrogens is 250 g/mol. The van der Waals surface area contributed by atoms with Crippen LogP contribution in [0.4, 0.5) is 5.69 Å². The molecule has 1 spiro atoms. The summed E-state index contributed by atoms with van der Waals surface area (Å²) in [6.45, 7) is 0. The van der Waals surface area contributed by atoms with Gasteiger partial charge in [0.15, 0.2) is 0 Å². The molecule has 0 bridgehead atoms. The Labute approximate surface area is 117 Å². The Morgan fingerprint density at radius 2 is 2.10 bits per heavy atom. The van der Waals surface area contributed by atoms with Crippen LogP contribution in [0.1, 0.15) is 5.56 Å². The Kier molecular flexibility index (Phi) is 2.30. The fraction of sp³-hybridized carbons (Fsp3) is 0.176. The standard InChI is InChI=1S/C17H15NO2/c1-19-14-7-6-12-4-5-13-11-17(8-2-3-9-20-17)18-16(13)15(12)10-14/h2-10,18H,11H2,1H3. The van der Waals surface area contributed by atoms with Gasteiger partial charge in [-0.15, -0.1) is 0 Å². The van der Waals surface area contributed by atoms with Crippen molar-refractivity contribution in [1.29, 1.82) is 0 Å². The van der Waals surface area contributed by atoms with Crippen molar-refractivity contribution in [1.82, 2.24) is 0 Å². The maximum Gasteiger partial charge on any atom is 0.203 e. The predicted molar refractivity (Wildman–Crippen MR) is 79.9 cm³/mol. The van der Waals surface area contributed by atoms with Crippen molar-refractivity contribution in [2.45, 2.75) is 12.1 Å². The zero-order valence-electron chi connectivity index (χ0n) is 11.2. The Morgan fingerprint density at radius 1 is 1.20 bits per heavy atom. The molecule has 4 rings (SSSR count). The molecule has 100 valence electrons. The fourth-order valence-electron chi connectivity index (χ4n) is 2.93. The minimum absolute atomic E-state index is 0.436. The van der Waals surface area contributed by atoms with E-state index in [-0.39, 0.29) is 0 Å². The smallest absolute Gasteiger partial charge is 0.203 e. The molecule has 20 heavy (non-hydrogen) atoms. The summed E-state index contributed by atoms with van der Waals surface area (Å²) in [6, 6.07) is 10.5. The topological polar surface area (TPSA) is 30.5 Å². The van der Waals surface area contributed by atoms with Crippen molar-refractivity contribution in [3.8, 4) is 5.75 Å². The van der Waals surface area contributed by atoms with Crippen molar-refractivity contribution < 1.29 is 9.47 Å². The SMILES string of the molecule is COc1ccc2ccc3c(c2c1)NC1(C=CC=CO1)C3. The molecule has 0 saturated heterocycles. The molecule has 0 aliphatic carbocycles.